The van der Waals surface area contributed by atoms with E-state index in [1.807, 2.05) is 31.2 Å². The highest BCUT2D eigenvalue weighted by molar-refractivity contribution is 5.95. The first kappa shape index (κ1) is 20.5. The van der Waals surface area contributed by atoms with Crippen molar-refractivity contribution in [1.82, 2.24) is 9.80 Å². The van der Waals surface area contributed by atoms with Crippen LogP contribution in [0, 0.1) is 6.92 Å². The maximum Gasteiger partial charge on any atom is 0.260 e. The van der Waals surface area contributed by atoms with Crippen molar-refractivity contribution in [3.05, 3.63) is 53.6 Å². The lowest BCUT2D eigenvalue weighted by atomic mass is 10.1. The zero-order valence-electron chi connectivity index (χ0n) is 17.0. The lowest BCUT2D eigenvalue weighted by Gasteiger charge is -2.34. The number of ether oxygens (including phenoxy) is 3. The molecule has 0 unspecified atom stereocenters. The summed E-state index contributed by atoms with van der Waals surface area (Å²) in [5, 5.41) is 0. The second-order valence-corrected chi connectivity index (χ2v) is 6.85. The molecular formula is C22H26N2O5. The van der Waals surface area contributed by atoms with Crippen LogP contribution in [0.25, 0.3) is 0 Å². The molecule has 0 N–H and O–H groups in total. The SMILES string of the molecule is COc1ccc(C(=O)N2CCN(C(=O)COc3cccc(C)c3)CC2)cc1OC. The molecule has 0 aromatic heterocycles. The molecule has 0 atom stereocenters. The fourth-order valence-electron chi connectivity index (χ4n) is 3.25. The second-order valence-electron chi connectivity index (χ2n) is 6.85. The third-order valence-corrected chi connectivity index (χ3v) is 4.90. The summed E-state index contributed by atoms with van der Waals surface area (Å²) >= 11 is 0. The van der Waals surface area contributed by atoms with Crippen LogP contribution in [0.1, 0.15) is 15.9 Å². The summed E-state index contributed by atoms with van der Waals surface area (Å²) in [5.41, 5.74) is 1.61. The Balaban J connectivity index is 1.53. The largest absolute Gasteiger partial charge is 0.493 e. The molecule has 2 aromatic rings. The Morgan fingerprint density at radius 3 is 2.24 bits per heavy atom. The minimum absolute atomic E-state index is 0.00687. The summed E-state index contributed by atoms with van der Waals surface area (Å²) in [4.78, 5) is 28.7. The normalized spacial score (nSPS) is 13.8. The van der Waals surface area contributed by atoms with Gasteiger partial charge in [0.25, 0.3) is 11.8 Å². The van der Waals surface area contributed by atoms with Crippen molar-refractivity contribution in [2.45, 2.75) is 6.92 Å². The first-order chi connectivity index (χ1) is 14.0. The predicted molar refractivity (Wildman–Crippen MR) is 109 cm³/mol. The van der Waals surface area contributed by atoms with Crippen LogP contribution in [0.2, 0.25) is 0 Å². The van der Waals surface area contributed by atoms with Crippen LogP contribution in [-0.4, -0.2) is 68.6 Å². The Kier molecular flexibility index (Phi) is 6.59. The standard InChI is InChI=1S/C22H26N2O5/c1-16-5-4-6-18(13-16)29-15-21(25)23-9-11-24(12-10-23)22(26)17-7-8-19(27-2)20(14-17)28-3/h4-8,13-14H,9-12,15H2,1-3H3. The molecule has 2 amide bonds. The molecule has 0 aliphatic carbocycles. The van der Waals surface area contributed by atoms with E-state index in [0.717, 1.165) is 5.56 Å². The molecule has 1 aliphatic heterocycles. The molecule has 2 aromatic carbocycles. The Morgan fingerprint density at radius 2 is 1.59 bits per heavy atom. The van der Waals surface area contributed by atoms with Gasteiger partial charge in [0.15, 0.2) is 18.1 Å². The van der Waals surface area contributed by atoms with Gasteiger partial charge in [-0.1, -0.05) is 12.1 Å². The average molecular weight is 398 g/mol. The molecule has 7 heteroatoms. The number of nitrogens with zero attached hydrogens (tertiary/aromatic N) is 2. The number of methoxy groups -OCH3 is 2. The van der Waals surface area contributed by atoms with E-state index in [1.165, 1.54) is 7.11 Å². The van der Waals surface area contributed by atoms with E-state index in [9.17, 15) is 9.59 Å². The quantitative estimate of drug-likeness (QED) is 0.747. The smallest absolute Gasteiger partial charge is 0.260 e. The number of hydrogen-bond acceptors (Lipinski definition) is 5. The highest BCUT2D eigenvalue weighted by Crippen LogP contribution is 2.28. The molecule has 3 rings (SSSR count). The summed E-state index contributed by atoms with van der Waals surface area (Å²) in [6.07, 6.45) is 0. The minimum Gasteiger partial charge on any atom is -0.493 e. The number of piperazine rings is 1. The van der Waals surface area contributed by atoms with Crippen LogP contribution in [0.3, 0.4) is 0 Å². The number of carbonyl (C=O) groups excluding carboxylic acids is 2. The van der Waals surface area contributed by atoms with Gasteiger partial charge >= 0.3 is 0 Å². The van der Waals surface area contributed by atoms with Gasteiger partial charge in [-0.2, -0.15) is 0 Å². The molecule has 0 saturated carbocycles. The minimum atomic E-state index is -0.0888. The monoisotopic (exact) mass is 398 g/mol. The lowest BCUT2D eigenvalue weighted by Crippen LogP contribution is -2.51. The maximum absolute atomic E-state index is 12.8. The van der Waals surface area contributed by atoms with Crippen LogP contribution in [0.15, 0.2) is 42.5 Å². The van der Waals surface area contributed by atoms with Gasteiger partial charge in [0, 0.05) is 31.7 Å². The van der Waals surface area contributed by atoms with Gasteiger partial charge in [-0.25, -0.2) is 0 Å². The second kappa shape index (κ2) is 9.32. The van der Waals surface area contributed by atoms with Crippen LogP contribution in [0.4, 0.5) is 0 Å². The number of amides is 2. The number of aryl methyl sites for hydroxylation is 1. The zero-order chi connectivity index (χ0) is 20.8. The molecule has 1 aliphatic rings. The third kappa shape index (κ3) is 4.99. The summed E-state index contributed by atoms with van der Waals surface area (Å²) < 4.78 is 16.1. The first-order valence-electron chi connectivity index (χ1n) is 9.50. The number of hydrogen-bond donors (Lipinski definition) is 0. The van der Waals surface area contributed by atoms with Gasteiger partial charge in [0.2, 0.25) is 0 Å². The molecule has 1 heterocycles. The van der Waals surface area contributed by atoms with Crippen molar-refractivity contribution in [1.29, 1.82) is 0 Å². The molecule has 0 bridgehead atoms. The Bertz CT molecular complexity index is 875. The van der Waals surface area contributed by atoms with Gasteiger partial charge in [0.1, 0.15) is 5.75 Å². The van der Waals surface area contributed by atoms with Gasteiger partial charge in [0.05, 0.1) is 14.2 Å². The van der Waals surface area contributed by atoms with Gasteiger partial charge in [-0.3, -0.25) is 9.59 Å². The predicted octanol–water partition coefficient (Wildman–Crippen LogP) is 2.38. The van der Waals surface area contributed by atoms with Crippen LogP contribution in [-0.2, 0) is 4.79 Å². The average Bonchev–Trinajstić information content (AvgIpc) is 2.76. The van der Waals surface area contributed by atoms with E-state index in [-0.39, 0.29) is 18.4 Å². The van der Waals surface area contributed by atoms with Crippen molar-refractivity contribution >= 4 is 11.8 Å². The molecule has 0 spiro atoms. The van der Waals surface area contributed by atoms with Gasteiger partial charge in [-0.15, -0.1) is 0 Å². The van der Waals surface area contributed by atoms with Gasteiger partial charge in [-0.05, 0) is 42.8 Å². The van der Waals surface area contributed by atoms with E-state index in [2.05, 4.69) is 0 Å². The van der Waals surface area contributed by atoms with Crippen molar-refractivity contribution in [2.24, 2.45) is 0 Å². The summed E-state index contributed by atoms with van der Waals surface area (Å²) in [7, 11) is 3.09. The maximum atomic E-state index is 12.8. The molecular weight excluding hydrogens is 372 g/mol. The molecule has 29 heavy (non-hydrogen) atoms. The van der Waals surface area contributed by atoms with Crippen LogP contribution >= 0.6 is 0 Å². The Labute approximate surface area is 170 Å². The highest BCUT2D eigenvalue weighted by atomic mass is 16.5. The number of carbonyl (C=O) groups is 2. The van der Waals surface area contributed by atoms with E-state index < -0.39 is 0 Å². The molecule has 7 nitrogen and oxygen atoms in total. The zero-order valence-corrected chi connectivity index (χ0v) is 17.0. The molecule has 1 fully saturated rings. The van der Waals surface area contributed by atoms with Crippen LogP contribution in [0.5, 0.6) is 17.2 Å². The summed E-state index contributed by atoms with van der Waals surface area (Å²) in [6.45, 7) is 3.88. The first-order valence-corrected chi connectivity index (χ1v) is 9.50. The Morgan fingerprint density at radius 1 is 0.897 bits per heavy atom. The molecule has 154 valence electrons. The number of rotatable bonds is 6. The van der Waals surface area contributed by atoms with E-state index in [1.54, 1.807) is 35.1 Å². The highest BCUT2D eigenvalue weighted by Gasteiger charge is 2.25. The third-order valence-electron chi connectivity index (χ3n) is 4.90. The molecule has 0 radical (unpaired) electrons. The van der Waals surface area contributed by atoms with E-state index >= 15 is 0 Å². The van der Waals surface area contributed by atoms with Gasteiger partial charge < -0.3 is 24.0 Å². The lowest BCUT2D eigenvalue weighted by molar-refractivity contribution is -0.134. The fraction of sp³-hybridized carbons (Fsp3) is 0.364. The van der Waals surface area contributed by atoms with Crippen molar-refractivity contribution in [3.63, 3.8) is 0 Å². The molecule has 1 saturated heterocycles. The van der Waals surface area contributed by atoms with Crippen molar-refractivity contribution in [2.75, 3.05) is 47.0 Å². The van der Waals surface area contributed by atoms with Crippen molar-refractivity contribution in [3.8, 4) is 17.2 Å². The fourth-order valence-corrected chi connectivity index (χ4v) is 3.25. The topological polar surface area (TPSA) is 68.3 Å². The summed E-state index contributed by atoms with van der Waals surface area (Å²) in [5.74, 6) is 1.60. The van der Waals surface area contributed by atoms with Crippen molar-refractivity contribution < 1.29 is 23.8 Å². The number of benzene rings is 2. The summed E-state index contributed by atoms with van der Waals surface area (Å²) in [6, 6.07) is 12.7. The van der Waals surface area contributed by atoms with E-state index in [4.69, 9.17) is 14.2 Å². The van der Waals surface area contributed by atoms with Crippen LogP contribution < -0.4 is 14.2 Å². The van der Waals surface area contributed by atoms with E-state index in [0.29, 0.717) is 49.0 Å². The Hall–Kier alpha value is -3.22.